The predicted molar refractivity (Wildman–Crippen MR) is 89.3 cm³/mol. The van der Waals surface area contributed by atoms with E-state index in [1.54, 1.807) is 11.8 Å². The minimum Gasteiger partial charge on any atom is -0.450 e. The first-order valence-corrected chi connectivity index (χ1v) is 8.75. The Morgan fingerprint density at radius 1 is 1.08 bits per heavy atom. The summed E-state index contributed by atoms with van der Waals surface area (Å²) in [5.74, 6) is -0.502. The van der Waals surface area contributed by atoms with Gasteiger partial charge in [0.2, 0.25) is 11.8 Å². The van der Waals surface area contributed by atoms with E-state index in [9.17, 15) is 14.4 Å². The number of amides is 3. The van der Waals surface area contributed by atoms with Crippen LogP contribution in [0.1, 0.15) is 47.0 Å². The Labute approximate surface area is 143 Å². The van der Waals surface area contributed by atoms with Crippen LogP contribution in [0.2, 0.25) is 0 Å². The summed E-state index contributed by atoms with van der Waals surface area (Å²) >= 11 is 0. The number of piperidine rings is 1. The molecule has 24 heavy (non-hydrogen) atoms. The van der Waals surface area contributed by atoms with Crippen molar-refractivity contribution in [3.05, 3.63) is 0 Å². The largest absolute Gasteiger partial charge is 0.450 e. The number of carbonyl (C=O) groups is 3. The molecule has 0 aromatic heterocycles. The molecule has 0 bridgehead atoms. The van der Waals surface area contributed by atoms with Crippen LogP contribution in [-0.2, 0) is 14.3 Å². The van der Waals surface area contributed by atoms with E-state index in [0.29, 0.717) is 26.1 Å². The summed E-state index contributed by atoms with van der Waals surface area (Å²) in [5.41, 5.74) is -0.277. The lowest BCUT2D eigenvalue weighted by Gasteiger charge is -2.31. The molecular formula is C17H29N3O4. The van der Waals surface area contributed by atoms with E-state index in [-0.39, 0.29) is 41.3 Å². The van der Waals surface area contributed by atoms with Gasteiger partial charge >= 0.3 is 6.09 Å². The number of likely N-dealkylation sites (tertiary alicyclic amines) is 1. The van der Waals surface area contributed by atoms with Gasteiger partial charge in [-0.05, 0) is 47.0 Å². The van der Waals surface area contributed by atoms with Crippen molar-refractivity contribution >= 4 is 17.9 Å². The lowest BCUT2D eigenvalue weighted by Crippen LogP contribution is -2.47. The molecular weight excluding hydrogens is 310 g/mol. The van der Waals surface area contributed by atoms with Crippen LogP contribution in [-0.4, -0.2) is 54.1 Å². The molecule has 2 N–H and O–H groups in total. The van der Waals surface area contributed by atoms with Crippen LogP contribution in [0.25, 0.3) is 0 Å². The number of hydrogen-bond donors (Lipinski definition) is 2. The molecule has 7 heteroatoms. The molecule has 136 valence electrons. The van der Waals surface area contributed by atoms with Gasteiger partial charge in [-0.3, -0.25) is 9.59 Å². The second-order valence-electron chi connectivity index (χ2n) is 7.66. The maximum Gasteiger partial charge on any atom is 0.409 e. The van der Waals surface area contributed by atoms with Gasteiger partial charge in [0.25, 0.3) is 0 Å². The average molecular weight is 339 g/mol. The topological polar surface area (TPSA) is 87.7 Å². The Hall–Kier alpha value is -1.79. The number of nitrogens with one attached hydrogen (secondary N) is 2. The summed E-state index contributed by atoms with van der Waals surface area (Å²) < 4.78 is 4.98. The van der Waals surface area contributed by atoms with Crippen molar-refractivity contribution in [2.45, 2.75) is 58.5 Å². The van der Waals surface area contributed by atoms with Gasteiger partial charge in [0, 0.05) is 24.7 Å². The third kappa shape index (κ3) is 5.11. The highest BCUT2D eigenvalue weighted by Crippen LogP contribution is 2.39. The van der Waals surface area contributed by atoms with Crippen LogP contribution in [0.4, 0.5) is 4.79 Å². The Kier molecular flexibility index (Phi) is 5.72. The van der Waals surface area contributed by atoms with Gasteiger partial charge in [0.05, 0.1) is 18.4 Å². The molecule has 2 atom stereocenters. The monoisotopic (exact) mass is 339 g/mol. The molecule has 0 radical (unpaired) electrons. The summed E-state index contributed by atoms with van der Waals surface area (Å²) in [6, 6.07) is 0.0649. The fourth-order valence-corrected chi connectivity index (χ4v) is 2.97. The number of carbonyl (C=O) groups excluding carboxylic acids is 3. The van der Waals surface area contributed by atoms with Crippen LogP contribution >= 0.6 is 0 Å². The summed E-state index contributed by atoms with van der Waals surface area (Å²) in [4.78, 5) is 37.7. The number of hydrogen-bond acceptors (Lipinski definition) is 4. The highest BCUT2D eigenvalue weighted by molar-refractivity contribution is 5.92. The molecule has 1 aliphatic heterocycles. The normalized spacial score (nSPS) is 24.2. The van der Waals surface area contributed by atoms with E-state index in [1.165, 1.54) is 0 Å². The number of rotatable bonds is 4. The van der Waals surface area contributed by atoms with E-state index in [4.69, 9.17) is 4.74 Å². The Balaban J connectivity index is 1.71. The van der Waals surface area contributed by atoms with Gasteiger partial charge in [-0.15, -0.1) is 0 Å². The van der Waals surface area contributed by atoms with E-state index >= 15 is 0 Å². The van der Waals surface area contributed by atoms with Crippen molar-refractivity contribution in [2.24, 2.45) is 11.8 Å². The first kappa shape index (κ1) is 18.5. The molecule has 2 aliphatic rings. The molecule has 2 fully saturated rings. The maximum atomic E-state index is 12.3. The van der Waals surface area contributed by atoms with Crippen LogP contribution in [0.15, 0.2) is 0 Å². The van der Waals surface area contributed by atoms with Crippen molar-refractivity contribution < 1.29 is 19.1 Å². The second kappa shape index (κ2) is 7.40. The van der Waals surface area contributed by atoms with Gasteiger partial charge in [-0.25, -0.2) is 4.79 Å². The fourth-order valence-electron chi connectivity index (χ4n) is 2.97. The molecule has 3 amide bonds. The van der Waals surface area contributed by atoms with Crippen molar-refractivity contribution in [1.29, 1.82) is 0 Å². The minimum atomic E-state index is -0.289. The van der Waals surface area contributed by atoms with Gasteiger partial charge in [-0.2, -0.15) is 0 Å². The number of nitrogens with zero attached hydrogens (tertiary/aromatic N) is 1. The van der Waals surface area contributed by atoms with Gasteiger partial charge in [0.15, 0.2) is 0 Å². The zero-order valence-electron chi connectivity index (χ0n) is 15.1. The van der Waals surface area contributed by atoms with Crippen molar-refractivity contribution in [1.82, 2.24) is 15.5 Å². The maximum absolute atomic E-state index is 12.3. The summed E-state index contributed by atoms with van der Waals surface area (Å²) in [7, 11) is 0. The molecule has 0 spiro atoms. The van der Waals surface area contributed by atoms with Crippen LogP contribution in [0.5, 0.6) is 0 Å². The Bertz CT molecular complexity index is 493. The molecule has 1 saturated heterocycles. The van der Waals surface area contributed by atoms with Crippen LogP contribution in [0, 0.1) is 11.8 Å². The molecule has 2 rings (SSSR count). The molecule has 7 nitrogen and oxygen atoms in total. The van der Waals surface area contributed by atoms with Gasteiger partial charge in [0.1, 0.15) is 0 Å². The summed E-state index contributed by atoms with van der Waals surface area (Å²) in [6.07, 6.45) is 1.77. The lowest BCUT2D eigenvalue weighted by molar-refractivity contribution is -0.128. The smallest absolute Gasteiger partial charge is 0.409 e. The zero-order chi connectivity index (χ0) is 17.9. The van der Waals surface area contributed by atoms with Gasteiger partial charge in [-0.1, -0.05) is 0 Å². The number of ether oxygens (including phenoxy) is 1. The third-order valence-corrected chi connectivity index (χ3v) is 4.33. The van der Waals surface area contributed by atoms with Crippen LogP contribution in [0.3, 0.4) is 0 Å². The fraction of sp³-hybridized carbons (Fsp3) is 0.824. The Morgan fingerprint density at radius 2 is 1.67 bits per heavy atom. The molecule has 0 aromatic rings. The van der Waals surface area contributed by atoms with Crippen LogP contribution < -0.4 is 10.6 Å². The second-order valence-corrected chi connectivity index (χ2v) is 7.66. The van der Waals surface area contributed by atoms with Gasteiger partial charge < -0.3 is 20.3 Å². The van der Waals surface area contributed by atoms with Crippen molar-refractivity contribution in [3.63, 3.8) is 0 Å². The Morgan fingerprint density at radius 3 is 2.21 bits per heavy atom. The molecule has 1 saturated carbocycles. The molecule has 1 heterocycles. The van der Waals surface area contributed by atoms with E-state index in [0.717, 1.165) is 12.8 Å². The first-order chi connectivity index (χ1) is 11.2. The predicted octanol–water partition coefficient (Wildman–Crippen LogP) is 1.27. The van der Waals surface area contributed by atoms with E-state index < -0.39 is 0 Å². The standard InChI is InChI=1S/C17H29N3O4/c1-5-24-16(23)20-8-6-11(7-9-20)18-14(21)12-10-13(12)15(22)19-17(2,3)4/h11-13H,5-10H2,1-4H3,(H,18,21)(H,19,22). The average Bonchev–Trinajstić information content (AvgIpc) is 3.27. The SMILES string of the molecule is CCOC(=O)N1CCC(NC(=O)C2CC2C(=O)NC(C)(C)C)CC1. The van der Waals surface area contributed by atoms with E-state index in [1.807, 2.05) is 20.8 Å². The summed E-state index contributed by atoms with van der Waals surface area (Å²) in [6.45, 7) is 9.12. The highest BCUT2D eigenvalue weighted by atomic mass is 16.6. The zero-order valence-corrected chi connectivity index (χ0v) is 15.1. The third-order valence-electron chi connectivity index (χ3n) is 4.33. The van der Waals surface area contributed by atoms with E-state index in [2.05, 4.69) is 10.6 Å². The first-order valence-electron chi connectivity index (χ1n) is 8.75. The van der Waals surface area contributed by atoms with Crippen molar-refractivity contribution in [3.8, 4) is 0 Å². The molecule has 1 aliphatic carbocycles. The molecule has 2 unspecified atom stereocenters. The summed E-state index contributed by atoms with van der Waals surface area (Å²) in [5, 5.41) is 5.95. The van der Waals surface area contributed by atoms with Crippen molar-refractivity contribution in [2.75, 3.05) is 19.7 Å². The lowest BCUT2D eigenvalue weighted by atomic mass is 10.0. The quantitative estimate of drug-likeness (QED) is 0.807. The molecule has 0 aromatic carbocycles. The highest BCUT2D eigenvalue weighted by Gasteiger charge is 2.49. The minimum absolute atomic E-state index is 0.0419.